The van der Waals surface area contributed by atoms with E-state index in [1.54, 1.807) is 28.3 Å². The molecule has 8 heteroatoms. The Morgan fingerprint density at radius 1 is 0.967 bits per heavy atom. The lowest BCUT2D eigenvalue weighted by Gasteiger charge is -2.34. The van der Waals surface area contributed by atoms with Crippen molar-refractivity contribution in [3.05, 3.63) is 66.1 Å². The number of carbonyl (C=O) groups excluding carboxylic acids is 2. The van der Waals surface area contributed by atoms with Crippen LogP contribution in [0.4, 0.5) is 5.69 Å². The van der Waals surface area contributed by atoms with Crippen LogP contribution in [0.3, 0.4) is 0 Å². The fourth-order valence-corrected chi connectivity index (χ4v) is 3.46. The molecule has 0 atom stereocenters. The van der Waals surface area contributed by atoms with Crippen LogP contribution in [0.25, 0.3) is 11.3 Å². The number of piperazine rings is 1. The topological polar surface area (TPSA) is 85.4 Å². The van der Waals surface area contributed by atoms with Crippen LogP contribution in [0, 0.1) is 0 Å². The van der Waals surface area contributed by atoms with E-state index in [9.17, 15) is 9.59 Å². The molecule has 2 aromatic heterocycles. The van der Waals surface area contributed by atoms with Gasteiger partial charge < -0.3 is 14.7 Å². The first-order chi connectivity index (χ1) is 14.5. The fraction of sp³-hybridized carbons (Fsp3) is 0.273. The maximum atomic E-state index is 12.8. The van der Waals surface area contributed by atoms with Gasteiger partial charge in [-0.05, 0) is 42.5 Å². The number of amides is 2. The Balaban J connectivity index is 1.36. The normalized spacial score (nSPS) is 13.9. The molecule has 1 N–H and O–H groups in total. The van der Waals surface area contributed by atoms with Crippen molar-refractivity contribution >= 4 is 17.5 Å². The van der Waals surface area contributed by atoms with Gasteiger partial charge in [-0.2, -0.15) is 5.10 Å². The average molecular weight is 404 g/mol. The highest BCUT2D eigenvalue weighted by Crippen LogP contribution is 2.18. The van der Waals surface area contributed by atoms with Gasteiger partial charge in [-0.1, -0.05) is 0 Å². The first-order valence-electron chi connectivity index (χ1n) is 9.84. The summed E-state index contributed by atoms with van der Waals surface area (Å²) in [6.07, 6.45) is 3.40. The molecule has 30 heavy (non-hydrogen) atoms. The molecule has 0 radical (unpaired) electrons. The summed E-state index contributed by atoms with van der Waals surface area (Å²) in [6.45, 7) is 1.98. The SMILES string of the molecule is CN(C)c1ccc(C(=O)N2CCN(C(=O)c3cc(-c4cccnc4)n[nH]3)CC2)cc1. The summed E-state index contributed by atoms with van der Waals surface area (Å²) in [5.74, 6) is -0.118. The first-order valence-corrected chi connectivity index (χ1v) is 9.84. The standard InChI is InChI=1S/C22H24N6O2/c1-26(2)18-7-5-16(6-8-18)21(29)27-10-12-28(13-11-27)22(30)20-14-19(24-25-20)17-4-3-9-23-15-17/h3-9,14-15H,10-13H2,1-2H3,(H,24,25). The Hall–Kier alpha value is -3.68. The quantitative estimate of drug-likeness (QED) is 0.720. The molecule has 0 spiro atoms. The number of anilines is 1. The monoisotopic (exact) mass is 404 g/mol. The van der Waals surface area contributed by atoms with E-state index in [1.807, 2.05) is 55.4 Å². The van der Waals surface area contributed by atoms with Gasteiger partial charge >= 0.3 is 0 Å². The molecule has 4 rings (SSSR count). The number of aromatic amines is 1. The zero-order valence-electron chi connectivity index (χ0n) is 17.1. The van der Waals surface area contributed by atoms with Crippen LogP contribution in [0.15, 0.2) is 54.9 Å². The van der Waals surface area contributed by atoms with Crippen LogP contribution < -0.4 is 4.90 Å². The third-order valence-corrected chi connectivity index (χ3v) is 5.25. The minimum absolute atomic E-state index is 0.00666. The van der Waals surface area contributed by atoms with E-state index in [1.165, 1.54) is 0 Å². The van der Waals surface area contributed by atoms with E-state index in [0.29, 0.717) is 43.1 Å². The minimum Gasteiger partial charge on any atom is -0.378 e. The highest BCUT2D eigenvalue weighted by atomic mass is 16.2. The van der Waals surface area contributed by atoms with Crippen LogP contribution in [0.1, 0.15) is 20.8 Å². The molecule has 1 fully saturated rings. The molecule has 1 aliphatic rings. The Morgan fingerprint density at radius 3 is 2.23 bits per heavy atom. The van der Waals surface area contributed by atoms with Crippen LogP contribution in [-0.4, -0.2) is 77.1 Å². The molecule has 0 unspecified atom stereocenters. The van der Waals surface area contributed by atoms with Crippen molar-refractivity contribution in [2.45, 2.75) is 0 Å². The summed E-state index contributed by atoms with van der Waals surface area (Å²) in [4.78, 5) is 35.2. The lowest BCUT2D eigenvalue weighted by Crippen LogP contribution is -2.50. The summed E-state index contributed by atoms with van der Waals surface area (Å²) in [7, 11) is 3.93. The fourth-order valence-electron chi connectivity index (χ4n) is 3.46. The Labute approximate surface area is 175 Å². The molecule has 0 saturated carbocycles. The van der Waals surface area contributed by atoms with Crippen molar-refractivity contribution in [2.75, 3.05) is 45.2 Å². The van der Waals surface area contributed by atoms with Gasteiger partial charge in [0.2, 0.25) is 0 Å². The molecule has 1 aliphatic heterocycles. The van der Waals surface area contributed by atoms with Gasteiger partial charge in [0.15, 0.2) is 0 Å². The summed E-state index contributed by atoms with van der Waals surface area (Å²) in [5.41, 5.74) is 3.68. The van der Waals surface area contributed by atoms with Gasteiger partial charge in [0.25, 0.3) is 11.8 Å². The molecule has 2 amide bonds. The number of nitrogens with zero attached hydrogens (tertiary/aromatic N) is 5. The largest absolute Gasteiger partial charge is 0.378 e. The number of aromatic nitrogens is 3. The summed E-state index contributed by atoms with van der Waals surface area (Å²) < 4.78 is 0. The van der Waals surface area contributed by atoms with Gasteiger partial charge in [-0.3, -0.25) is 19.7 Å². The minimum atomic E-state index is -0.111. The zero-order chi connectivity index (χ0) is 21.1. The number of nitrogens with one attached hydrogen (secondary N) is 1. The first kappa shape index (κ1) is 19.6. The smallest absolute Gasteiger partial charge is 0.272 e. The molecular formula is C22H24N6O2. The maximum Gasteiger partial charge on any atom is 0.272 e. The molecule has 8 nitrogen and oxygen atoms in total. The highest BCUT2D eigenvalue weighted by Gasteiger charge is 2.26. The molecule has 0 bridgehead atoms. The van der Waals surface area contributed by atoms with Gasteiger partial charge in [-0.25, -0.2) is 0 Å². The lowest BCUT2D eigenvalue weighted by atomic mass is 10.1. The molecule has 3 heterocycles. The number of rotatable bonds is 4. The van der Waals surface area contributed by atoms with Gasteiger partial charge in [-0.15, -0.1) is 0 Å². The molecule has 1 saturated heterocycles. The number of hydrogen-bond donors (Lipinski definition) is 1. The Bertz CT molecular complexity index is 1020. The second-order valence-electron chi connectivity index (χ2n) is 7.43. The predicted molar refractivity (Wildman–Crippen MR) is 114 cm³/mol. The van der Waals surface area contributed by atoms with Crippen molar-refractivity contribution in [1.82, 2.24) is 25.0 Å². The second kappa shape index (κ2) is 8.36. The van der Waals surface area contributed by atoms with Gasteiger partial charge in [0.1, 0.15) is 5.69 Å². The summed E-state index contributed by atoms with van der Waals surface area (Å²) in [6, 6.07) is 13.0. The molecular weight excluding hydrogens is 380 g/mol. The maximum absolute atomic E-state index is 12.8. The van der Waals surface area contributed by atoms with E-state index in [-0.39, 0.29) is 11.8 Å². The predicted octanol–water partition coefficient (Wildman–Crippen LogP) is 2.14. The second-order valence-corrected chi connectivity index (χ2v) is 7.43. The summed E-state index contributed by atoms with van der Waals surface area (Å²) in [5, 5.41) is 7.05. The number of hydrogen-bond acceptors (Lipinski definition) is 5. The van der Waals surface area contributed by atoms with Crippen LogP contribution in [0.5, 0.6) is 0 Å². The third kappa shape index (κ3) is 4.03. The van der Waals surface area contributed by atoms with Crippen molar-refractivity contribution in [2.24, 2.45) is 0 Å². The van der Waals surface area contributed by atoms with Gasteiger partial charge in [0.05, 0.1) is 5.69 Å². The number of pyridine rings is 1. The van der Waals surface area contributed by atoms with E-state index in [2.05, 4.69) is 15.2 Å². The molecule has 3 aromatic rings. The highest BCUT2D eigenvalue weighted by molar-refractivity contribution is 5.96. The Kier molecular flexibility index (Phi) is 5.47. The number of H-pyrrole nitrogens is 1. The Morgan fingerprint density at radius 2 is 1.63 bits per heavy atom. The van der Waals surface area contributed by atoms with Crippen LogP contribution in [-0.2, 0) is 0 Å². The van der Waals surface area contributed by atoms with Crippen molar-refractivity contribution < 1.29 is 9.59 Å². The number of benzene rings is 1. The van der Waals surface area contributed by atoms with Crippen molar-refractivity contribution in [3.63, 3.8) is 0 Å². The van der Waals surface area contributed by atoms with E-state index >= 15 is 0 Å². The van der Waals surface area contributed by atoms with E-state index < -0.39 is 0 Å². The van der Waals surface area contributed by atoms with E-state index in [0.717, 1.165) is 11.3 Å². The van der Waals surface area contributed by atoms with Crippen LogP contribution >= 0.6 is 0 Å². The third-order valence-electron chi connectivity index (χ3n) is 5.25. The summed E-state index contributed by atoms with van der Waals surface area (Å²) >= 11 is 0. The van der Waals surface area contributed by atoms with Crippen LogP contribution in [0.2, 0.25) is 0 Å². The van der Waals surface area contributed by atoms with Crippen molar-refractivity contribution in [3.8, 4) is 11.3 Å². The molecule has 1 aromatic carbocycles. The molecule has 154 valence electrons. The molecule has 0 aliphatic carbocycles. The zero-order valence-corrected chi connectivity index (χ0v) is 17.1. The average Bonchev–Trinajstić information content (AvgIpc) is 3.29. The lowest BCUT2D eigenvalue weighted by molar-refractivity contribution is 0.0532. The van der Waals surface area contributed by atoms with Gasteiger partial charge in [0, 0.05) is 69.5 Å². The van der Waals surface area contributed by atoms with E-state index in [4.69, 9.17) is 0 Å². The van der Waals surface area contributed by atoms with Crippen molar-refractivity contribution in [1.29, 1.82) is 0 Å². The number of carbonyl (C=O) groups is 2.